The van der Waals surface area contributed by atoms with Gasteiger partial charge in [0.25, 0.3) is 0 Å². The molecule has 3 aromatic heterocycles. The van der Waals surface area contributed by atoms with E-state index in [1.54, 1.807) is 6.20 Å². The molecule has 0 spiro atoms. The Morgan fingerprint density at radius 3 is 2.73 bits per heavy atom. The molecule has 3 aromatic rings. The molecule has 1 aliphatic rings. The van der Waals surface area contributed by atoms with Crippen LogP contribution in [0.25, 0.3) is 16.2 Å². The van der Waals surface area contributed by atoms with Crippen LogP contribution in [-0.2, 0) is 0 Å². The van der Waals surface area contributed by atoms with Gasteiger partial charge < -0.3 is 4.90 Å². The highest BCUT2D eigenvalue weighted by Crippen LogP contribution is 2.27. The van der Waals surface area contributed by atoms with Crippen molar-refractivity contribution in [3.8, 4) is 5.13 Å². The van der Waals surface area contributed by atoms with Crippen molar-refractivity contribution in [3.63, 3.8) is 0 Å². The Hall–Kier alpha value is -1.94. The van der Waals surface area contributed by atoms with Crippen LogP contribution in [0, 0.1) is 0 Å². The number of hydrogen-bond donors (Lipinski definition) is 0. The second-order valence-corrected chi connectivity index (χ2v) is 9.79. The third-order valence-electron chi connectivity index (χ3n) is 5.53. The molecule has 0 N–H and O–H groups in total. The van der Waals surface area contributed by atoms with E-state index in [1.165, 1.54) is 23.3 Å². The first-order valence-corrected chi connectivity index (χ1v) is 12.0. The maximum Gasteiger partial charge on any atom is 0.205 e. The lowest BCUT2D eigenvalue weighted by Crippen LogP contribution is -2.37. The summed E-state index contributed by atoms with van der Waals surface area (Å²) < 4.78 is 3.88. The van der Waals surface area contributed by atoms with Gasteiger partial charge in [-0.15, -0.1) is 11.3 Å². The van der Waals surface area contributed by atoms with Gasteiger partial charge >= 0.3 is 0 Å². The van der Waals surface area contributed by atoms with E-state index < -0.39 is 0 Å². The highest BCUT2D eigenvalue weighted by molar-refractivity contribution is 7.97. The van der Waals surface area contributed by atoms with E-state index in [9.17, 15) is 4.79 Å². The molecule has 9 heteroatoms. The highest BCUT2D eigenvalue weighted by Gasteiger charge is 2.27. The number of pyridine rings is 2. The van der Waals surface area contributed by atoms with Crippen molar-refractivity contribution in [1.29, 1.82) is 0 Å². The molecule has 4 rings (SSSR count). The molecule has 1 fully saturated rings. The van der Waals surface area contributed by atoms with Crippen LogP contribution in [0.4, 0.5) is 5.82 Å². The summed E-state index contributed by atoms with van der Waals surface area (Å²) in [5.41, 5.74) is 0.680. The number of hydrogen-bond acceptors (Lipinski definition) is 8. The third kappa shape index (κ3) is 4.12. The van der Waals surface area contributed by atoms with E-state index in [1.807, 2.05) is 46.7 Å². The maximum atomic E-state index is 13.1. The number of thiazole rings is 1. The first-order valence-electron chi connectivity index (χ1n) is 10.3. The normalized spacial score (nSPS) is 17.0. The molecule has 0 amide bonds. The van der Waals surface area contributed by atoms with E-state index >= 15 is 0 Å². The van der Waals surface area contributed by atoms with E-state index in [2.05, 4.69) is 28.6 Å². The van der Waals surface area contributed by atoms with E-state index in [4.69, 9.17) is 4.98 Å². The third-order valence-corrected chi connectivity index (χ3v) is 7.15. The molecule has 7 nitrogen and oxygen atoms in total. The lowest BCUT2D eigenvalue weighted by atomic mass is 10.2. The van der Waals surface area contributed by atoms with Gasteiger partial charge in [0.15, 0.2) is 10.8 Å². The summed E-state index contributed by atoms with van der Waals surface area (Å²) in [7, 11) is 3.87. The van der Waals surface area contributed by atoms with Gasteiger partial charge in [0, 0.05) is 36.9 Å². The van der Waals surface area contributed by atoms with Crippen LogP contribution in [0.3, 0.4) is 0 Å². The summed E-state index contributed by atoms with van der Waals surface area (Å²) in [6, 6.07) is 4.47. The number of fused-ring (bicyclic) bond motifs is 1. The summed E-state index contributed by atoms with van der Waals surface area (Å²) in [6.07, 6.45) is 4.79. The van der Waals surface area contributed by atoms with Gasteiger partial charge in [0.05, 0.1) is 10.3 Å². The summed E-state index contributed by atoms with van der Waals surface area (Å²) in [4.78, 5) is 28.0. The minimum Gasteiger partial charge on any atom is -0.355 e. The largest absolute Gasteiger partial charge is 0.355 e. The number of rotatable bonds is 7. The predicted molar refractivity (Wildman–Crippen MR) is 126 cm³/mol. The van der Waals surface area contributed by atoms with Crippen molar-refractivity contribution >= 4 is 40.1 Å². The molecule has 0 saturated carbocycles. The monoisotopic (exact) mass is 444 g/mol. The molecule has 1 atom stereocenters. The number of anilines is 1. The van der Waals surface area contributed by atoms with E-state index in [0.717, 1.165) is 43.5 Å². The van der Waals surface area contributed by atoms with Crippen molar-refractivity contribution in [2.75, 3.05) is 45.2 Å². The van der Waals surface area contributed by atoms with Crippen molar-refractivity contribution in [2.45, 2.75) is 31.2 Å². The summed E-state index contributed by atoms with van der Waals surface area (Å²) in [5.74, 6) is 0.926. The van der Waals surface area contributed by atoms with Crippen LogP contribution in [0.2, 0.25) is 0 Å². The van der Waals surface area contributed by atoms with Gasteiger partial charge in [0.1, 0.15) is 5.82 Å². The molecule has 1 unspecified atom stereocenters. The molecule has 4 heterocycles. The predicted octanol–water partition coefficient (Wildman–Crippen LogP) is 3.33. The molecule has 1 saturated heterocycles. The van der Waals surface area contributed by atoms with Crippen molar-refractivity contribution < 1.29 is 0 Å². The van der Waals surface area contributed by atoms with Crippen molar-refractivity contribution in [1.82, 2.24) is 23.7 Å². The average Bonchev–Trinajstić information content (AvgIpc) is 3.43. The van der Waals surface area contributed by atoms with Gasteiger partial charge in [-0.05, 0) is 57.7 Å². The van der Waals surface area contributed by atoms with Crippen LogP contribution in [0.15, 0.2) is 39.6 Å². The zero-order chi connectivity index (χ0) is 21.3. The van der Waals surface area contributed by atoms with E-state index in [-0.39, 0.29) is 5.43 Å². The van der Waals surface area contributed by atoms with Gasteiger partial charge in [-0.1, -0.05) is 13.8 Å². The van der Waals surface area contributed by atoms with Crippen molar-refractivity contribution in [2.24, 2.45) is 0 Å². The summed E-state index contributed by atoms with van der Waals surface area (Å²) >= 11 is 2.96. The van der Waals surface area contributed by atoms with Gasteiger partial charge in [0.2, 0.25) is 5.43 Å². The summed E-state index contributed by atoms with van der Waals surface area (Å²) in [6.45, 7) is 8.52. The molecular formula is C21H28N6OS2. The molecular weight excluding hydrogens is 416 g/mol. The zero-order valence-electron chi connectivity index (χ0n) is 17.9. The first kappa shape index (κ1) is 21.3. The van der Waals surface area contributed by atoms with Crippen LogP contribution in [-0.4, -0.2) is 70.1 Å². The minimum atomic E-state index is 0.0120. The smallest absolute Gasteiger partial charge is 0.205 e. The Kier molecular flexibility index (Phi) is 6.43. The SMILES string of the molecule is CCN(CC)C1CCN(c2ccc3c(=O)c(SN(C)C)cn(-c4nccs4)c3n2)C1. The van der Waals surface area contributed by atoms with Crippen LogP contribution in [0.5, 0.6) is 0 Å². The van der Waals surface area contributed by atoms with Gasteiger partial charge in [-0.3, -0.25) is 18.6 Å². The second-order valence-electron chi connectivity index (χ2n) is 7.56. The Bertz CT molecular complexity index is 1060. The van der Waals surface area contributed by atoms with Crippen LogP contribution in [0.1, 0.15) is 20.3 Å². The Morgan fingerprint density at radius 1 is 1.27 bits per heavy atom. The Balaban J connectivity index is 1.77. The number of nitrogens with zero attached hydrogens (tertiary/aromatic N) is 6. The quantitative estimate of drug-likeness (QED) is 0.518. The fraction of sp³-hybridized carbons (Fsp3) is 0.476. The highest BCUT2D eigenvalue weighted by atomic mass is 32.2. The summed E-state index contributed by atoms with van der Waals surface area (Å²) in [5, 5.41) is 3.38. The minimum absolute atomic E-state index is 0.0120. The van der Waals surface area contributed by atoms with Crippen molar-refractivity contribution in [3.05, 3.63) is 40.1 Å². The van der Waals surface area contributed by atoms with Crippen LogP contribution < -0.4 is 10.3 Å². The molecule has 160 valence electrons. The van der Waals surface area contributed by atoms with Gasteiger partial charge in [-0.2, -0.15) is 0 Å². The fourth-order valence-corrected chi connectivity index (χ4v) is 5.43. The van der Waals surface area contributed by atoms with Gasteiger partial charge in [-0.25, -0.2) is 9.97 Å². The zero-order valence-corrected chi connectivity index (χ0v) is 19.5. The Morgan fingerprint density at radius 2 is 2.07 bits per heavy atom. The molecule has 1 aliphatic heterocycles. The standard InChI is InChI=1S/C21H28N6OS2/c1-5-25(6-2)15-9-11-26(13-15)18-8-7-16-19(28)17(30-24(3)4)14-27(20(16)23-18)21-22-10-12-29-21/h7-8,10,12,14-15H,5-6,9,11,13H2,1-4H3. The fourth-order valence-electron chi connectivity index (χ4n) is 4.08. The number of aromatic nitrogens is 3. The number of likely N-dealkylation sites (N-methyl/N-ethyl adjacent to an activating group) is 1. The van der Waals surface area contributed by atoms with E-state index in [0.29, 0.717) is 22.0 Å². The lowest BCUT2D eigenvalue weighted by Gasteiger charge is -2.26. The first-order chi connectivity index (χ1) is 14.5. The second kappa shape index (κ2) is 9.05. The Labute approximate surface area is 185 Å². The molecule has 30 heavy (non-hydrogen) atoms. The molecule has 0 radical (unpaired) electrons. The lowest BCUT2D eigenvalue weighted by molar-refractivity contribution is 0.232. The average molecular weight is 445 g/mol. The maximum absolute atomic E-state index is 13.1. The molecule has 0 bridgehead atoms. The molecule has 0 aliphatic carbocycles. The topological polar surface area (TPSA) is 57.5 Å². The van der Waals surface area contributed by atoms with Crippen LogP contribution >= 0.6 is 23.3 Å². The molecule has 0 aromatic carbocycles.